The normalized spacial score (nSPS) is 14.9. The number of anilines is 2. The molecule has 0 bridgehead atoms. The largest absolute Gasteiger partial charge is 0.325 e. The van der Waals surface area contributed by atoms with Crippen LogP contribution in [0.25, 0.3) is 0 Å². The van der Waals surface area contributed by atoms with E-state index in [1.807, 2.05) is 69.2 Å². The lowest BCUT2D eigenvalue weighted by Crippen LogP contribution is -2.49. The predicted molar refractivity (Wildman–Crippen MR) is 179 cm³/mol. The second kappa shape index (κ2) is 16.9. The second-order valence-corrected chi connectivity index (χ2v) is 18.0. The van der Waals surface area contributed by atoms with Gasteiger partial charge in [-0.1, -0.05) is 27.7 Å². The van der Waals surface area contributed by atoms with Crippen molar-refractivity contribution in [1.82, 2.24) is 8.61 Å². The number of nitrogens with zero attached hydrogens (tertiary/aromatic N) is 2. The SMILES string of the molecule is CC(C)[C@@H](C(=O)Nc1ccc(F)c(F)c1)N(C)[S@](=O)C(C)(C)C.CC(C)[C@@H](C(=O)Nc1ccc(F)c(F)c1)N(C)[S@](=O)C(C)(C)C. The van der Waals surface area contributed by atoms with E-state index in [4.69, 9.17) is 0 Å². The Bertz CT molecular complexity index is 1310. The zero-order valence-corrected chi connectivity index (χ0v) is 30.3. The van der Waals surface area contributed by atoms with Gasteiger partial charge in [-0.25, -0.2) is 34.6 Å². The number of rotatable bonds is 10. The minimum atomic E-state index is -1.38. The molecule has 46 heavy (non-hydrogen) atoms. The number of carbonyl (C=O) groups excluding carboxylic acids is 2. The van der Waals surface area contributed by atoms with Crippen molar-refractivity contribution in [3.8, 4) is 0 Å². The molecule has 2 aromatic rings. The highest BCUT2D eigenvalue weighted by atomic mass is 32.2. The summed E-state index contributed by atoms with van der Waals surface area (Å²) in [5, 5.41) is 5.11. The van der Waals surface area contributed by atoms with Gasteiger partial charge in [0.25, 0.3) is 0 Å². The van der Waals surface area contributed by atoms with Crippen LogP contribution in [-0.2, 0) is 31.6 Å². The van der Waals surface area contributed by atoms with Gasteiger partial charge in [-0.2, -0.15) is 0 Å². The summed E-state index contributed by atoms with van der Waals surface area (Å²) in [6.45, 7) is 18.3. The quantitative estimate of drug-likeness (QED) is 0.273. The molecule has 260 valence electrons. The van der Waals surface area contributed by atoms with Crippen LogP contribution in [0.4, 0.5) is 28.9 Å². The van der Waals surface area contributed by atoms with E-state index in [-0.39, 0.29) is 23.2 Å². The van der Waals surface area contributed by atoms with Crippen LogP contribution in [0.2, 0.25) is 0 Å². The summed E-state index contributed by atoms with van der Waals surface area (Å²) in [6, 6.07) is 4.99. The Labute approximate surface area is 275 Å². The van der Waals surface area contributed by atoms with Crippen molar-refractivity contribution >= 4 is 45.2 Å². The minimum absolute atomic E-state index is 0.114. The van der Waals surface area contributed by atoms with E-state index in [9.17, 15) is 35.6 Å². The molecule has 0 aliphatic rings. The van der Waals surface area contributed by atoms with Gasteiger partial charge >= 0.3 is 0 Å². The summed E-state index contributed by atoms with van der Waals surface area (Å²) in [5.41, 5.74) is 0.323. The molecule has 14 heteroatoms. The molecule has 2 rings (SSSR count). The van der Waals surface area contributed by atoms with Crippen LogP contribution in [0, 0.1) is 35.1 Å². The second-order valence-electron chi connectivity index (χ2n) is 13.4. The maximum Gasteiger partial charge on any atom is 0.242 e. The Balaban J connectivity index is 0.000000460. The van der Waals surface area contributed by atoms with E-state index in [2.05, 4.69) is 10.6 Å². The number of amides is 2. The first-order chi connectivity index (χ1) is 20.9. The van der Waals surface area contributed by atoms with Crippen LogP contribution in [0.5, 0.6) is 0 Å². The summed E-state index contributed by atoms with van der Waals surface area (Å²) in [4.78, 5) is 25.0. The van der Waals surface area contributed by atoms with E-state index in [0.717, 1.165) is 24.3 Å². The molecule has 0 aliphatic carbocycles. The third kappa shape index (κ3) is 11.8. The maximum atomic E-state index is 13.2. The molecule has 0 saturated heterocycles. The molecule has 4 atom stereocenters. The zero-order valence-electron chi connectivity index (χ0n) is 28.6. The van der Waals surface area contributed by atoms with Gasteiger partial charge in [0.05, 0.1) is 9.49 Å². The zero-order chi connectivity index (χ0) is 35.9. The Morgan fingerprint density at radius 1 is 0.609 bits per heavy atom. The Morgan fingerprint density at radius 2 is 0.891 bits per heavy atom. The highest BCUT2D eigenvalue weighted by Crippen LogP contribution is 2.23. The van der Waals surface area contributed by atoms with Crippen molar-refractivity contribution in [3.63, 3.8) is 0 Å². The fraction of sp³-hybridized carbons (Fsp3) is 0.562. The fourth-order valence-corrected chi connectivity index (χ4v) is 7.24. The first kappa shape index (κ1) is 41.3. The van der Waals surface area contributed by atoms with Crippen LogP contribution in [0.3, 0.4) is 0 Å². The van der Waals surface area contributed by atoms with Gasteiger partial charge in [-0.3, -0.25) is 9.59 Å². The van der Waals surface area contributed by atoms with Gasteiger partial charge < -0.3 is 10.6 Å². The van der Waals surface area contributed by atoms with Crippen molar-refractivity contribution in [2.24, 2.45) is 11.8 Å². The van der Waals surface area contributed by atoms with Gasteiger partial charge in [0, 0.05) is 37.6 Å². The molecule has 0 heterocycles. The Hall–Kier alpha value is -2.68. The van der Waals surface area contributed by atoms with Crippen molar-refractivity contribution in [1.29, 1.82) is 0 Å². The van der Waals surface area contributed by atoms with Crippen LogP contribution in [0.1, 0.15) is 69.2 Å². The van der Waals surface area contributed by atoms with Crippen molar-refractivity contribution < 1.29 is 35.6 Å². The van der Waals surface area contributed by atoms with Crippen LogP contribution >= 0.6 is 0 Å². The number of hydrogen-bond donors (Lipinski definition) is 2. The third-order valence-electron chi connectivity index (χ3n) is 6.53. The Morgan fingerprint density at radius 3 is 1.11 bits per heavy atom. The molecule has 8 nitrogen and oxygen atoms in total. The van der Waals surface area contributed by atoms with Gasteiger partial charge in [0.1, 0.15) is 34.1 Å². The van der Waals surface area contributed by atoms with Gasteiger partial charge in [0.2, 0.25) is 11.8 Å². The number of benzene rings is 2. The summed E-state index contributed by atoms with van der Waals surface area (Å²) in [7, 11) is 0.482. The van der Waals surface area contributed by atoms with Crippen LogP contribution < -0.4 is 10.6 Å². The average molecular weight is 693 g/mol. The predicted octanol–water partition coefficient (Wildman–Crippen LogP) is 6.64. The number of carbonyl (C=O) groups is 2. The summed E-state index contributed by atoms with van der Waals surface area (Å²) < 4.78 is 79.4. The smallest absolute Gasteiger partial charge is 0.242 e. The lowest BCUT2D eigenvalue weighted by atomic mass is 10.0. The molecular formula is C32H48F4N4O4S2. The molecule has 0 aliphatic heterocycles. The Kier molecular flexibility index (Phi) is 15.2. The highest BCUT2D eigenvalue weighted by molar-refractivity contribution is 7.84. The molecule has 2 N–H and O–H groups in total. The molecule has 0 fully saturated rings. The fourth-order valence-electron chi connectivity index (χ4n) is 4.43. The standard InChI is InChI=1S/2C16H24F2N2O2S/c2*1-10(2)14(20(6)23(22)16(3,4)5)15(21)19-11-7-8-12(17)13(18)9-11/h2*7-10,14H,1-6H3,(H,19,21)/t2*14-,23+/m00/s1. The molecule has 2 amide bonds. The summed E-state index contributed by atoms with van der Waals surface area (Å²) >= 11 is 0. The number of hydrogen-bond acceptors (Lipinski definition) is 4. The minimum Gasteiger partial charge on any atom is -0.325 e. The highest BCUT2D eigenvalue weighted by Gasteiger charge is 2.36. The molecule has 0 spiro atoms. The molecule has 0 aromatic heterocycles. The van der Waals surface area contributed by atoms with E-state index in [1.165, 1.54) is 20.7 Å². The lowest BCUT2D eigenvalue weighted by Gasteiger charge is -2.33. The topological polar surface area (TPSA) is 98.8 Å². The molecule has 0 radical (unpaired) electrons. The molecule has 2 aromatic carbocycles. The molecule has 0 unspecified atom stereocenters. The van der Waals surface area contributed by atoms with Crippen molar-refractivity contribution in [2.75, 3.05) is 24.7 Å². The maximum absolute atomic E-state index is 13.2. The van der Waals surface area contributed by atoms with Gasteiger partial charge in [-0.15, -0.1) is 0 Å². The van der Waals surface area contributed by atoms with E-state index in [0.29, 0.717) is 0 Å². The number of nitrogens with one attached hydrogen (secondary N) is 2. The van der Waals surface area contributed by atoms with Gasteiger partial charge in [-0.05, 0) is 77.6 Å². The monoisotopic (exact) mass is 692 g/mol. The average Bonchev–Trinajstić information content (AvgIpc) is 2.90. The summed E-state index contributed by atoms with van der Waals surface area (Å²) in [5.74, 6) is -5.07. The third-order valence-corrected chi connectivity index (χ3v) is 10.1. The summed E-state index contributed by atoms with van der Waals surface area (Å²) in [6.07, 6.45) is 0. The van der Waals surface area contributed by atoms with Crippen molar-refractivity contribution in [3.05, 3.63) is 59.7 Å². The van der Waals surface area contributed by atoms with Crippen molar-refractivity contribution in [2.45, 2.75) is 90.8 Å². The lowest BCUT2D eigenvalue weighted by molar-refractivity contribution is -0.121. The molecular weight excluding hydrogens is 645 g/mol. The van der Waals surface area contributed by atoms with Crippen LogP contribution in [0.15, 0.2) is 36.4 Å². The van der Waals surface area contributed by atoms with E-state index >= 15 is 0 Å². The first-order valence-electron chi connectivity index (χ1n) is 14.7. The number of likely N-dealkylation sites (N-methyl/N-ethyl adjacent to an activating group) is 2. The molecule has 0 saturated carbocycles. The van der Waals surface area contributed by atoms with Crippen LogP contribution in [-0.4, -0.2) is 64.5 Å². The van der Waals surface area contributed by atoms with E-state index < -0.39 is 78.6 Å². The van der Waals surface area contributed by atoms with E-state index in [1.54, 1.807) is 14.1 Å². The first-order valence-corrected chi connectivity index (χ1v) is 16.9. The van der Waals surface area contributed by atoms with Gasteiger partial charge in [0.15, 0.2) is 23.3 Å². The number of halogens is 4.